The van der Waals surface area contributed by atoms with Crippen LogP contribution < -0.4 is 4.74 Å². The zero-order valence-electron chi connectivity index (χ0n) is 13.2. The molecule has 2 heterocycles. The average Bonchev–Trinajstić information content (AvgIpc) is 3.11. The molecule has 126 valence electrons. The van der Waals surface area contributed by atoms with Gasteiger partial charge < -0.3 is 19.2 Å². The Bertz CT molecular complexity index is 813. The fourth-order valence-electron chi connectivity index (χ4n) is 2.76. The Morgan fingerprint density at radius 1 is 1.42 bits per heavy atom. The summed E-state index contributed by atoms with van der Waals surface area (Å²) >= 11 is 0. The summed E-state index contributed by atoms with van der Waals surface area (Å²) in [6, 6.07) is 5.98. The first-order valence-electron chi connectivity index (χ1n) is 7.38. The number of furan rings is 1. The Labute approximate surface area is 137 Å². The number of halogens is 1. The number of carboxylic acids is 1. The van der Waals surface area contributed by atoms with Crippen LogP contribution in [0.4, 0.5) is 4.39 Å². The van der Waals surface area contributed by atoms with Crippen molar-refractivity contribution in [2.45, 2.75) is 26.0 Å². The number of hydrogen-bond acceptors (Lipinski definition) is 4. The summed E-state index contributed by atoms with van der Waals surface area (Å²) in [4.78, 5) is 24.9. The van der Waals surface area contributed by atoms with Crippen LogP contribution in [-0.2, 0) is 17.8 Å². The van der Waals surface area contributed by atoms with Crippen LogP contribution in [0.5, 0.6) is 5.75 Å². The molecular weight excluding hydrogens is 317 g/mol. The number of para-hydroxylation sites is 1. The van der Waals surface area contributed by atoms with E-state index in [0.29, 0.717) is 17.7 Å². The first-order chi connectivity index (χ1) is 11.4. The highest BCUT2D eigenvalue weighted by molar-refractivity contribution is 5.89. The fraction of sp³-hybridized carbons (Fsp3) is 0.294. The molecule has 1 N–H and O–H groups in total. The SMILES string of the molecule is Cc1oc(CN(C)C(=O)C2Cc3cccc(F)c3O2)cc1C(=O)O. The van der Waals surface area contributed by atoms with E-state index in [0.717, 1.165) is 0 Å². The van der Waals surface area contributed by atoms with E-state index in [2.05, 4.69) is 0 Å². The summed E-state index contributed by atoms with van der Waals surface area (Å²) in [5.74, 6) is -1.13. The molecule has 1 aromatic heterocycles. The molecule has 0 aliphatic carbocycles. The van der Waals surface area contributed by atoms with E-state index >= 15 is 0 Å². The second kappa shape index (κ2) is 5.99. The molecule has 0 saturated carbocycles. The van der Waals surface area contributed by atoms with Gasteiger partial charge in [-0.2, -0.15) is 0 Å². The molecule has 1 aliphatic heterocycles. The summed E-state index contributed by atoms with van der Waals surface area (Å²) in [5, 5.41) is 9.02. The summed E-state index contributed by atoms with van der Waals surface area (Å²) in [7, 11) is 1.56. The lowest BCUT2D eigenvalue weighted by atomic mass is 10.1. The van der Waals surface area contributed by atoms with E-state index < -0.39 is 17.9 Å². The third-order valence-corrected chi connectivity index (χ3v) is 3.96. The van der Waals surface area contributed by atoms with Gasteiger partial charge in [-0.05, 0) is 19.1 Å². The number of carboxylic acid groups (broad SMARTS) is 1. The van der Waals surface area contributed by atoms with Gasteiger partial charge in [-0.1, -0.05) is 12.1 Å². The minimum atomic E-state index is -1.08. The molecule has 1 atom stereocenters. The van der Waals surface area contributed by atoms with Crippen LogP contribution in [0.1, 0.15) is 27.4 Å². The predicted octanol–water partition coefficient (Wildman–Crippen LogP) is 2.39. The Hall–Kier alpha value is -2.83. The van der Waals surface area contributed by atoms with Crippen molar-refractivity contribution in [2.75, 3.05) is 7.05 Å². The highest BCUT2D eigenvalue weighted by atomic mass is 19.1. The highest BCUT2D eigenvalue weighted by Crippen LogP contribution is 2.32. The van der Waals surface area contributed by atoms with Gasteiger partial charge in [0.1, 0.15) is 17.1 Å². The van der Waals surface area contributed by atoms with E-state index in [-0.39, 0.29) is 29.5 Å². The number of carbonyl (C=O) groups is 2. The van der Waals surface area contributed by atoms with E-state index in [1.807, 2.05) is 0 Å². The quantitative estimate of drug-likeness (QED) is 0.929. The number of fused-ring (bicyclic) bond motifs is 1. The number of likely N-dealkylation sites (N-methyl/N-ethyl adjacent to an activating group) is 1. The third kappa shape index (κ3) is 2.84. The lowest BCUT2D eigenvalue weighted by Gasteiger charge is -2.19. The van der Waals surface area contributed by atoms with Crippen LogP contribution in [0.3, 0.4) is 0 Å². The van der Waals surface area contributed by atoms with Crippen molar-refractivity contribution in [3.63, 3.8) is 0 Å². The van der Waals surface area contributed by atoms with E-state index in [1.165, 1.54) is 17.0 Å². The third-order valence-electron chi connectivity index (χ3n) is 3.96. The molecule has 0 spiro atoms. The van der Waals surface area contributed by atoms with Gasteiger partial charge in [0.2, 0.25) is 0 Å². The molecule has 0 radical (unpaired) electrons. The van der Waals surface area contributed by atoms with Crippen molar-refractivity contribution in [1.82, 2.24) is 4.90 Å². The molecule has 1 aliphatic rings. The number of nitrogens with zero attached hydrogens (tertiary/aromatic N) is 1. The van der Waals surface area contributed by atoms with Gasteiger partial charge in [0.15, 0.2) is 17.7 Å². The largest absolute Gasteiger partial charge is 0.478 e. The Balaban J connectivity index is 1.69. The maximum Gasteiger partial charge on any atom is 0.339 e. The van der Waals surface area contributed by atoms with Gasteiger partial charge >= 0.3 is 5.97 Å². The van der Waals surface area contributed by atoms with Crippen molar-refractivity contribution >= 4 is 11.9 Å². The monoisotopic (exact) mass is 333 g/mol. The molecule has 0 saturated heterocycles. The molecule has 1 unspecified atom stereocenters. The summed E-state index contributed by atoms with van der Waals surface area (Å²) in [6.07, 6.45) is -0.495. The average molecular weight is 333 g/mol. The molecule has 3 rings (SSSR count). The topological polar surface area (TPSA) is 80.0 Å². The van der Waals surface area contributed by atoms with Gasteiger partial charge in [0.25, 0.3) is 5.91 Å². The second-order valence-electron chi connectivity index (χ2n) is 5.72. The van der Waals surface area contributed by atoms with Crippen molar-refractivity contribution in [2.24, 2.45) is 0 Å². The van der Waals surface area contributed by atoms with Gasteiger partial charge in [-0.25, -0.2) is 9.18 Å². The first kappa shape index (κ1) is 16.0. The Morgan fingerprint density at radius 2 is 2.17 bits per heavy atom. The normalized spacial score (nSPS) is 15.7. The van der Waals surface area contributed by atoms with Gasteiger partial charge in [0, 0.05) is 19.0 Å². The van der Waals surface area contributed by atoms with E-state index in [4.69, 9.17) is 14.3 Å². The maximum absolute atomic E-state index is 13.7. The standard InChI is InChI=1S/C17H16FNO5/c1-9-12(17(21)22)7-11(23-9)8-19(2)16(20)14-6-10-4-3-5-13(18)15(10)24-14/h3-5,7,14H,6,8H2,1-2H3,(H,21,22). The second-order valence-corrected chi connectivity index (χ2v) is 5.72. The fourth-order valence-corrected chi connectivity index (χ4v) is 2.76. The van der Waals surface area contributed by atoms with Crippen LogP contribution in [0.25, 0.3) is 0 Å². The molecule has 7 heteroatoms. The van der Waals surface area contributed by atoms with Crippen LogP contribution in [-0.4, -0.2) is 35.0 Å². The van der Waals surface area contributed by atoms with Crippen molar-refractivity contribution in [3.8, 4) is 5.75 Å². The molecule has 1 amide bonds. The Morgan fingerprint density at radius 3 is 2.79 bits per heavy atom. The summed E-state index contributed by atoms with van der Waals surface area (Å²) in [5.41, 5.74) is 0.723. The van der Waals surface area contributed by atoms with Crippen molar-refractivity contribution in [1.29, 1.82) is 0 Å². The van der Waals surface area contributed by atoms with Gasteiger partial charge in [-0.15, -0.1) is 0 Å². The van der Waals surface area contributed by atoms with Gasteiger partial charge in [0.05, 0.1) is 6.54 Å². The van der Waals surface area contributed by atoms with Gasteiger partial charge in [-0.3, -0.25) is 4.79 Å². The number of carbonyl (C=O) groups excluding carboxylic acids is 1. The first-order valence-corrected chi connectivity index (χ1v) is 7.38. The lowest BCUT2D eigenvalue weighted by molar-refractivity contribution is -0.137. The lowest BCUT2D eigenvalue weighted by Crippen LogP contribution is -2.38. The molecule has 1 aromatic carbocycles. The van der Waals surface area contributed by atoms with E-state index in [9.17, 15) is 14.0 Å². The summed E-state index contributed by atoms with van der Waals surface area (Å²) in [6.45, 7) is 1.65. The smallest absolute Gasteiger partial charge is 0.339 e. The van der Waals surface area contributed by atoms with Crippen LogP contribution >= 0.6 is 0 Å². The number of benzene rings is 1. The number of rotatable bonds is 4. The van der Waals surface area contributed by atoms with Crippen molar-refractivity contribution < 1.29 is 28.2 Å². The number of aromatic carboxylic acids is 1. The highest BCUT2D eigenvalue weighted by Gasteiger charge is 2.33. The molecular formula is C17H16FNO5. The zero-order valence-corrected chi connectivity index (χ0v) is 13.2. The van der Waals surface area contributed by atoms with Crippen LogP contribution in [0.15, 0.2) is 28.7 Å². The molecule has 24 heavy (non-hydrogen) atoms. The zero-order chi connectivity index (χ0) is 17.4. The minimum Gasteiger partial charge on any atom is -0.478 e. The molecule has 6 nitrogen and oxygen atoms in total. The number of aryl methyl sites for hydroxylation is 1. The number of ether oxygens (including phenoxy) is 1. The van der Waals surface area contributed by atoms with E-state index in [1.54, 1.807) is 26.1 Å². The maximum atomic E-state index is 13.7. The van der Waals surface area contributed by atoms with Crippen molar-refractivity contribution in [3.05, 3.63) is 52.7 Å². The van der Waals surface area contributed by atoms with Crippen LogP contribution in [0, 0.1) is 12.7 Å². The summed E-state index contributed by atoms with van der Waals surface area (Å²) < 4.78 is 24.5. The molecule has 0 bridgehead atoms. The minimum absolute atomic E-state index is 0.0671. The Kier molecular flexibility index (Phi) is 4.01. The van der Waals surface area contributed by atoms with Crippen LogP contribution in [0.2, 0.25) is 0 Å². The number of amides is 1. The molecule has 2 aromatic rings. The predicted molar refractivity (Wildman–Crippen MR) is 81.4 cm³/mol. The molecule has 0 fully saturated rings. The number of hydrogen-bond donors (Lipinski definition) is 1.